The van der Waals surface area contributed by atoms with Gasteiger partial charge in [-0.2, -0.15) is 0 Å². The molecule has 162 valence electrons. The Morgan fingerprint density at radius 3 is 2.34 bits per heavy atom. The predicted octanol–water partition coefficient (Wildman–Crippen LogP) is 7.19. The molecule has 32 heavy (non-hydrogen) atoms. The number of thioether (sulfide) groups is 1. The smallest absolute Gasteiger partial charge is 0.234 e. The van der Waals surface area contributed by atoms with Gasteiger partial charge in [0, 0.05) is 17.1 Å². The van der Waals surface area contributed by atoms with Gasteiger partial charge in [0.05, 0.1) is 27.9 Å². The van der Waals surface area contributed by atoms with E-state index >= 15 is 0 Å². The number of hydrogen-bond donors (Lipinski definition) is 1. The van der Waals surface area contributed by atoms with Gasteiger partial charge in [-0.05, 0) is 79.4 Å². The zero-order chi connectivity index (χ0) is 22.7. The third-order valence-electron chi connectivity index (χ3n) is 5.26. The van der Waals surface area contributed by atoms with Gasteiger partial charge in [-0.15, -0.1) is 11.8 Å². The lowest BCUT2D eigenvalue weighted by atomic mass is 10.1. The molecule has 4 nitrogen and oxygen atoms in total. The van der Waals surface area contributed by atoms with E-state index in [0.29, 0.717) is 11.4 Å². The Bertz CT molecular complexity index is 1230. The first-order valence-corrected chi connectivity index (χ1v) is 11.8. The van der Waals surface area contributed by atoms with Gasteiger partial charge in [-0.3, -0.25) is 9.79 Å². The van der Waals surface area contributed by atoms with Crippen LogP contribution in [0.4, 0.5) is 17.1 Å². The van der Waals surface area contributed by atoms with Crippen LogP contribution in [-0.4, -0.2) is 22.4 Å². The number of aryl methyl sites for hydroxylation is 3. The molecule has 1 heterocycles. The van der Waals surface area contributed by atoms with Crippen molar-refractivity contribution in [3.63, 3.8) is 0 Å². The number of nitrogens with zero attached hydrogens (tertiary/aromatic N) is 2. The summed E-state index contributed by atoms with van der Waals surface area (Å²) in [4.78, 5) is 22.4. The number of amides is 1. The van der Waals surface area contributed by atoms with Crippen molar-refractivity contribution in [1.29, 1.82) is 0 Å². The summed E-state index contributed by atoms with van der Waals surface area (Å²) >= 11 is 7.53. The number of halogens is 1. The lowest BCUT2D eigenvalue weighted by Gasteiger charge is -2.09. The van der Waals surface area contributed by atoms with E-state index in [1.165, 1.54) is 22.9 Å². The minimum atomic E-state index is -0.0576. The zero-order valence-corrected chi connectivity index (χ0v) is 19.8. The highest BCUT2D eigenvalue weighted by Crippen LogP contribution is 2.36. The van der Waals surface area contributed by atoms with E-state index in [1.807, 2.05) is 55.5 Å². The molecule has 1 aliphatic rings. The fourth-order valence-electron chi connectivity index (χ4n) is 3.43. The molecule has 3 aromatic carbocycles. The highest BCUT2D eigenvalue weighted by Gasteiger charge is 2.17. The van der Waals surface area contributed by atoms with Gasteiger partial charge in [-0.25, -0.2) is 4.99 Å². The van der Waals surface area contributed by atoms with Gasteiger partial charge in [-0.1, -0.05) is 35.9 Å². The first-order chi connectivity index (χ1) is 15.4. The van der Waals surface area contributed by atoms with Gasteiger partial charge in [0.25, 0.3) is 0 Å². The number of aliphatic imine (C=N–C) groups is 2. The van der Waals surface area contributed by atoms with Crippen LogP contribution in [0.5, 0.6) is 0 Å². The van der Waals surface area contributed by atoms with Gasteiger partial charge in [0.15, 0.2) is 0 Å². The van der Waals surface area contributed by atoms with Gasteiger partial charge >= 0.3 is 0 Å². The van der Waals surface area contributed by atoms with Crippen LogP contribution < -0.4 is 5.32 Å². The van der Waals surface area contributed by atoms with Crippen molar-refractivity contribution in [2.75, 3.05) is 11.1 Å². The Morgan fingerprint density at radius 1 is 0.969 bits per heavy atom. The summed E-state index contributed by atoms with van der Waals surface area (Å²) < 4.78 is 0. The number of nitrogens with one attached hydrogen (secondary N) is 1. The molecule has 6 heteroatoms. The molecule has 0 saturated heterocycles. The quantitative estimate of drug-likeness (QED) is 0.446. The van der Waals surface area contributed by atoms with Crippen LogP contribution in [0.25, 0.3) is 0 Å². The van der Waals surface area contributed by atoms with Crippen LogP contribution in [0, 0.1) is 20.8 Å². The SMILES string of the molecule is Cc1cccc(NC(=O)CSC2=Nc3cc(C)c(C)cc3N=C(c3ccc(Cl)cc3)C2)c1. The number of benzene rings is 3. The van der Waals surface area contributed by atoms with Crippen molar-refractivity contribution in [2.45, 2.75) is 27.2 Å². The number of anilines is 1. The molecule has 0 saturated carbocycles. The second kappa shape index (κ2) is 9.72. The first-order valence-electron chi connectivity index (χ1n) is 10.4. The van der Waals surface area contributed by atoms with Gasteiger partial charge < -0.3 is 5.32 Å². The van der Waals surface area contributed by atoms with E-state index in [-0.39, 0.29) is 11.7 Å². The standard InChI is InChI=1S/C26H24ClN3OS/c1-16-5-4-6-21(11-16)28-25(31)15-32-26-14-22(19-7-9-20(27)10-8-19)29-23-12-17(2)18(3)13-24(23)30-26/h4-13H,14-15H2,1-3H3,(H,28,31). The van der Waals surface area contributed by atoms with Crippen LogP contribution in [0.3, 0.4) is 0 Å². The van der Waals surface area contributed by atoms with E-state index in [1.54, 1.807) is 0 Å². The Kier molecular flexibility index (Phi) is 6.77. The average Bonchev–Trinajstić information content (AvgIpc) is 2.92. The monoisotopic (exact) mass is 461 g/mol. The van der Waals surface area contributed by atoms with Crippen LogP contribution in [0.2, 0.25) is 5.02 Å². The molecule has 1 amide bonds. The molecule has 0 fully saturated rings. The molecule has 1 aliphatic heterocycles. The normalized spacial score (nSPS) is 13.0. The molecule has 4 rings (SSSR count). The Balaban J connectivity index is 1.58. The van der Waals surface area contributed by atoms with E-state index in [0.717, 1.165) is 38.9 Å². The molecular formula is C26H24ClN3OS. The molecule has 0 unspecified atom stereocenters. The van der Waals surface area contributed by atoms with E-state index < -0.39 is 0 Å². The van der Waals surface area contributed by atoms with Crippen LogP contribution in [0.1, 0.15) is 28.7 Å². The predicted molar refractivity (Wildman–Crippen MR) is 138 cm³/mol. The lowest BCUT2D eigenvalue weighted by molar-refractivity contribution is -0.113. The number of carbonyl (C=O) groups excluding carboxylic acids is 1. The minimum absolute atomic E-state index is 0.0576. The maximum absolute atomic E-state index is 12.6. The fourth-order valence-corrected chi connectivity index (χ4v) is 4.33. The average molecular weight is 462 g/mol. The second-order valence-corrected chi connectivity index (χ2v) is 9.36. The number of fused-ring (bicyclic) bond motifs is 1. The number of carbonyl (C=O) groups is 1. The van der Waals surface area contributed by atoms with Crippen molar-refractivity contribution in [2.24, 2.45) is 9.98 Å². The van der Waals surface area contributed by atoms with Gasteiger partial charge in [0.2, 0.25) is 5.91 Å². The summed E-state index contributed by atoms with van der Waals surface area (Å²) in [6, 6.07) is 19.6. The first kappa shape index (κ1) is 22.3. The number of hydrogen-bond acceptors (Lipinski definition) is 4. The topological polar surface area (TPSA) is 53.8 Å². The molecule has 0 bridgehead atoms. The summed E-state index contributed by atoms with van der Waals surface area (Å²) in [7, 11) is 0. The maximum atomic E-state index is 12.6. The van der Waals surface area contributed by atoms with Crippen molar-refractivity contribution in [1.82, 2.24) is 0 Å². The highest BCUT2D eigenvalue weighted by atomic mass is 35.5. The van der Waals surface area contributed by atoms with E-state index in [9.17, 15) is 4.79 Å². The summed E-state index contributed by atoms with van der Waals surface area (Å²) in [6.07, 6.45) is 0.552. The van der Waals surface area contributed by atoms with Crippen LogP contribution in [0.15, 0.2) is 70.6 Å². The second-order valence-electron chi connectivity index (χ2n) is 7.88. The van der Waals surface area contributed by atoms with E-state index in [4.69, 9.17) is 21.6 Å². The largest absolute Gasteiger partial charge is 0.325 e. The summed E-state index contributed by atoms with van der Waals surface area (Å²) in [6.45, 7) is 6.15. The minimum Gasteiger partial charge on any atom is -0.325 e. The van der Waals surface area contributed by atoms with Crippen molar-refractivity contribution >= 4 is 57.1 Å². The maximum Gasteiger partial charge on any atom is 0.234 e. The molecule has 1 N–H and O–H groups in total. The zero-order valence-electron chi connectivity index (χ0n) is 18.3. The summed E-state index contributed by atoms with van der Waals surface area (Å²) in [5.41, 5.74) is 7.84. The molecule has 0 atom stereocenters. The van der Waals surface area contributed by atoms with Crippen LogP contribution >= 0.6 is 23.4 Å². The molecule has 0 radical (unpaired) electrons. The molecular weight excluding hydrogens is 438 g/mol. The number of rotatable bonds is 4. The Morgan fingerprint density at radius 2 is 1.66 bits per heavy atom. The van der Waals surface area contributed by atoms with Gasteiger partial charge in [0.1, 0.15) is 0 Å². The Hall–Kier alpha value is -2.89. The lowest BCUT2D eigenvalue weighted by Crippen LogP contribution is -2.16. The molecule has 0 aliphatic carbocycles. The van der Waals surface area contributed by atoms with Crippen molar-refractivity contribution < 1.29 is 4.79 Å². The van der Waals surface area contributed by atoms with Crippen LogP contribution in [-0.2, 0) is 4.79 Å². The fraction of sp³-hybridized carbons (Fsp3) is 0.192. The third-order valence-corrected chi connectivity index (χ3v) is 6.49. The van der Waals surface area contributed by atoms with E-state index in [2.05, 4.69) is 31.3 Å². The molecule has 0 aromatic heterocycles. The molecule has 0 spiro atoms. The Labute approximate surface area is 197 Å². The van der Waals surface area contributed by atoms with Crippen molar-refractivity contribution in [3.05, 3.63) is 87.9 Å². The van der Waals surface area contributed by atoms with Crippen molar-refractivity contribution in [3.8, 4) is 0 Å². The summed E-state index contributed by atoms with van der Waals surface area (Å²) in [5.74, 6) is 0.221. The highest BCUT2D eigenvalue weighted by molar-refractivity contribution is 8.14. The third kappa shape index (κ3) is 5.47. The molecule has 3 aromatic rings. The summed E-state index contributed by atoms with van der Waals surface area (Å²) in [5, 5.41) is 4.51.